The summed E-state index contributed by atoms with van der Waals surface area (Å²) >= 11 is 8.17. The van der Waals surface area contributed by atoms with Crippen LogP contribution in [-0.4, -0.2) is 11.6 Å². The van der Waals surface area contributed by atoms with E-state index in [1.54, 1.807) is 0 Å². The fourth-order valence-corrected chi connectivity index (χ4v) is 1.53. The van der Waals surface area contributed by atoms with Gasteiger partial charge in [-0.05, 0) is 34.5 Å². The lowest BCUT2D eigenvalue weighted by atomic mass is 10.3. The van der Waals surface area contributed by atoms with Crippen molar-refractivity contribution in [2.24, 2.45) is 5.73 Å². The summed E-state index contributed by atoms with van der Waals surface area (Å²) < 4.78 is 6.49. The van der Waals surface area contributed by atoms with Gasteiger partial charge in [0.2, 0.25) is 0 Å². The number of benzene rings is 1. The molecule has 0 radical (unpaired) electrons. The topological polar surface area (TPSA) is 35.2 Å². The summed E-state index contributed by atoms with van der Waals surface area (Å²) in [6.07, 6.45) is 1.59. The zero-order valence-corrected chi connectivity index (χ0v) is 10.1. The van der Waals surface area contributed by atoms with Gasteiger partial charge in [0, 0.05) is 6.42 Å². The second-order valence-electron chi connectivity index (χ2n) is 2.85. The number of nitrogens with two attached hydrogens (primary N) is 1. The van der Waals surface area contributed by atoms with E-state index >= 15 is 0 Å². The molecule has 0 unspecified atom stereocenters. The highest BCUT2D eigenvalue weighted by molar-refractivity contribution is 9.10. The molecule has 0 aliphatic rings. The number of rotatable bonds is 5. The van der Waals surface area contributed by atoms with E-state index in [0.29, 0.717) is 11.6 Å². The minimum absolute atomic E-state index is 0.542. The number of hydrogen-bond donors (Lipinski definition) is 1. The fraction of sp³-hybridized carbons (Fsp3) is 0.300. The third-order valence-corrected chi connectivity index (χ3v) is 2.52. The highest BCUT2D eigenvalue weighted by Crippen LogP contribution is 2.23. The average molecular weight is 274 g/mol. The van der Waals surface area contributed by atoms with E-state index in [-0.39, 0.29) is 0 Å². The second kappa shape index (κ2) is 5.98. The first-order chi connectivity index (χ1) is 6.70. The number of hydrogen-bond acceptors (Lipinski definition) is 2. The van der Waals surface area contributed by atoms with Crippen molar-refractivity contribution in [1.29, 1.82) is 0 Å². The molecule has 0 amide bonds. The quantitative estimate of drug-likeness (QED) is 0.662. The smallest absolute Gasteiger partial charge is 0.133 e. The summed E-state index contributed by atoms with van der Waals surface area (Å²) in [6.45, 7) is 0.639. The van der Waals surface area contributed by atoms with Crippen LogP contribution < -0.4 is 10.5 Å². The third-order valence-electron chi connectivity index (χ3n) is 1.66. The Morgan fingerprint density at radius 3 is 2.79 bits per heavy atom. The zero-order valence-electron chi connectivity index (χ0n) is 7.70. The van der Waals surface area contributed by atoms with Crippen LogP contribution in [0.2, 0.25) is 0 Å². The molecule has 0 fully saturated rings. The van der Waals surface area contributed by atoms with Gasteiger partial charge in [0.15, 0.2) is 0 Å². The van der Waals surface area contributed by atoms with Crippen molar-refractivity contribution in [2.75, 3.05) is 6.61 Å². The molecule has 0 heterocycles. The molecule has 2 nitrogen and oxygen atoms in total. The molecule has 0 aromatic heterocycles. The molecule has 1 aromatic carbocycles. The fourth-order valence-electron chi connectivity index (χ4n) is 0.990. The molecule has 0 saturated heterocycles. The Bertz CT molecular complexity index is 317. The Labute approximate surface area is 97.6 Å². The van der Waals surface area contributed by atoms with Gasteiger partial charge in [-0.1, -0.05) is 24.4 Å². The van der Waals surface area contributed by atoms with Gasteiger partial charge in [0.1, 0.15) is 5.75 Å². The number of para-hydroxylation sites is 1. The molecule has 0 aliphatic heterocycles. The molecular weight excluding hydrogens is 262 g/mol. The van der Waals surface area contributed by atoms with Gasteiger partial charge in [-0.15, -0.1) is 0 Å². The molecular formula is C10H12BrNOS. The largest absolute Gasteiger partial charge is 0.492 e. The first-order valence-corrected chi connectivity index (χ1v) is 5.56. The van der Waals surface area contributed by atoms with Crippen LogP contribution >= 0.6 is 28.1 Å². The molecule has 0 bridgehead atoms. The van der Waals surface area contributed by atoms with E-state index < -0.39 is 0 Å². The predicted octanol–water partition coefficient (Wildman–Crippen LogP) is 2.89. The summed E-state index contributed by atoms with van der Waals surface area (Å²) in [6, 6.07) is 7.76. The van der Waals surface area contributed by atoms with Crippen molar-refractivity contribution >= 4 is 33.1 Å². The average Bonchev–Trinajstić information content (AvgIpc) is 2.15. The molecule has 1 aromatic rings. The Balaban J connectivity index is 2.31. The third kappa shape index (κ3) is 4.07. The first kappa shape index (κ1) is 11.5. The summed E-state index contributed by atoms with van der Waals surface area (Å²) in [5.74, 6) is 0.857. The molecule has 0 saturated carbocycles. The normalized spacial score (nSPS) is 9.79. The molecule has 0 spiro atoms. The molecule has 76 valence electrons. The molecule has 4 heteroatoms. The maximum Gasteiger partial charge on any atom is 0.133 e. The van der Waals surface area contributed by atoms with Crippen LogP contribution in [0, 0.1) is 0 Å². The van der Waals surface area contributed by atoms with Gasteiger partial charge < -0.3 is 10.5 Å². The first-order valence-electron chi connectivity index (χ1n) is 4.36. The van der Waals surface area contributed by atoms with E-state index in [1.807, 2.05) is 24.3 Å². The Morgan fingerprint density at radius 2 is 2.14 bits per heavy atom. The molecule has 14 heavy (non-hydrogen) atoms. The Kier molecular flexibility index (Phi) is 4.90. The van der Waals surface area contributed by atoms with Crippen LogP contribution in [0.1, 0.15) is 12.8 Å². The maximum absolute atomic E-state index is 5.53. The Morgan fingerprint density at radius 1 is 1.43 bits per heavy atom. The monoisotopic (exact) mass is 273 g/mol. The van der Waals surface area contributed by atoms with E-state index in [9.17, 15) is 0 Å². The van der Waals surface area contributed by atoms with Crippen molar-refractivity contribution in [3.05, 3.63) is 28.7 Å². The van der Waals surface area contributed by atoms with Gasteiger partial charge >= 0.3 is 0 Å². The maximum atomic E-state index is 5.53. The van der Waals surface area contributed by atoms with Crippen LogP contribution in [0.15, 0.2) is 28.7 Å². The predicted molar refractivity (Wildman–Crippen MR) is 65.7 cm³/mol. The van der Waals surface area contributed by atoms with E-state index in [4.69, 9.17) is 22.7 Å². The second-order valence-corrected chi connectivity index (χ2v) is 4.23. The minimum Gasteiger partial charge on any atom is -0.492 e. The number of ether oxygens (including phenoxy) is 1. The van der Waals surface area contributed by atoms with Gasteiger partial charge in [0.05, 0.1) is 16.1 Å². The van der Waals surface area contributed by atoms with Gasteiger partial charge in [-0.3, -0.25) is 0 Å². The van der Waals surface area contributed by atoms with Crippen LogP contribution in [0.5, 0.6) is 5.75 Å². The highest BCUT2D eigenvalue weighted by atomic mass is 79.9. The molecule has 0 atom stereocenters. The lowest BCUT2D eigenvalue weighted by molar-refractivity contribution is 0.312. The molecule has 2 N–H and O–H groups in total. The lowest BCUT2D eigenvalue weighted by Crippen LogP contribution is -2.09. The summed E-state index contributed by atoms with van der Waals surface area (Å²) in [5, 5.41) is 0. The summed E-state index contributed by atoms with van der Waals surface area (Å²) in [5.41, 5.74) is 5.37. The number of thiocarbonyl (C=S) groups is 1. The summed E-state index contributed by atoms with van der Waals surface area (Å²) in [4.78, 5) is 0.542. The summed E-state index contributed by atoms with van der Waals surface area (Å²) in [7, 11) is 0. The van der Waals surface area contributed by atoms with Crippen LogP contribution in [0.25, 0.3) is 0 Å². The van der Waals surface area contributed by atoms with Crippen molar-refractivity contribution < 1.29 is 4.74 Å². The molecule has 1 rings (SSSR count). The van der Waals surface area contributed by atoms with Crippen molar-refractivity contribution in [3.8, 4) is 5.75 Å². The standard InChI is InChI=1S/C10H12BrNOS/c11-8-4-1-2-5-9(8)13-7-3-6-10(12)14/h1-2,4-5H,3,6-7H2,(H2,12,14). The SMILES string of the molecule is NC(=S)CCCOc1ccccc1Br. The van der Waals surface area contributed by atoms with Gasteiger partial charge in [-0.2, -0.15) is 0 Å². The van der Waals surface area contributed by atoms with Crippen LogP contribution in [0.3, 0.4) is 0 Å². The zero-order chi connectivity index (χ0) is 10.4. The van der Waals surface area contributed by atoms with Crippen molar-refractivity contribution in [3.63, 3.8) is 0 Å². The molecule has 0 aliphatic carbocycles. The van der Waals surface area contributed by atoms with E-state index in [2.05, 4.69) is 15.9 Å². The van der Waals surface area contributed by atoms with Gasteiger partial charge in [0.25, 0.3) is 0 Å². The highest BCUT2D eigenvalue weighted by Gasteiger charge is 1.98. The van der Waals surface area contributed by atoms with Gasteiger partial charge in [-0.25, -0.2) is 0 Å². The van der Waals surface area contributed by atoms with Crippen molar-refractivity contribution in [1.82, 2.24) is 0 Å². The van der Waals surface area contributed by atoms with Crippen LogP contribution in [0.4, 0.5) is 0 Å². The van der Waals surface area contributed by atoms with Crippen LogP contribution in [-0.2, 0) is 0 Å². The lowest BCUT2D eigenvalue weighted by Gasteiger charge is -2.06. The van der Waals surface area contributed by atoms with E-state index in [0.717, 1.165) is 23.1 Å². The Hall–Kier alpha value is -0.610. The van der Waals surface area contributed by atoms with E-state index in [1.165, 1.54) is 0 Å². The minimum atomic E-state index is 0.542. The number of halogens is 1. The van der Waals surface area contributed by atoms with Crippen molar-refractivity contribution in [2.45, 2.75) is 12.8 Å².